The minimum absolute atomic E-state index is 0.124. The van der Waals surface area contributed by atoms with Gasteiger partial charge in [0.1, 0.15) is 5.82 Å². The molecule has 0 saturated heterocycles. The van der Waals surface area contributed by atoms with Crippen LogP contribution in [0.3, 0.4) is 0 Å². The van der Waals surface area contributed by atoms with Gasteiger partial charge in [-0.25, -0.2) is 4.39 Å². The zero-order valence-corrected chi connectivity index (χ0v) is 14.5. The van der Waals surface area contributed by atoms with Crippen molar-refractivity contribution in [2.75, 3.05) is 21.3 Å². The maximum absolute atomic E-state index is 13.5. The Balaban J connectivity index is 2.36. The molecule has 0 fully saturated rings. The van der Waals surface area contributed by atoms with E-state index < -0.39 is 0 Å². The van der Waals surface area contributed by atoms with E-state index in [4.69, 9.17) is 14.2 Å². The van der Waals surface area contributed by atoms with Gasteiger partial charge in [0.15, 0.2) is 11.5 Å². The lowest BCUT2D eigenvalue weighted by Gasteiger charge is -2.15. The van der Waals surface area contributed by atoms with E-state index in [1.54, 1.807) is 33.5 Å². The van der Waals surface area contributed by atoms with E-state index in [9.17, 15) is 4.39 Å². The number of rotatable bonds is 7. The lowest BCUT2D eigenvalue weighted by molar-refractivity contribution is 0.324. The number of hydrogen-bond acceptors (Lipinski definition) is 3. The first-order valence-electron chi connectivity index (χ1n) is 7.87. The van der Waals surface area contributed by atoms with Crippen LogP contribution in [-0.2, 0) is 0 Å². The van der Waals surface area contributed by atoms with Crippen molar-refractivity contribution in [1.82, 2.24) is 0 Å². The summed E-state index contributed by atoms with van der Waals surface area (Å²) in [6, 6.07) is 10.5. The third kappa shape index (κ3) is 3.88. The van der Waals surface area contributed by atoms with E-state index in [-0.39, 0.29) is 11.7 Å². The molecule has 0 amide bonds. The van der Waals surface area contributed by atoms with Crippen molar-refractivity contribution in [2.45, 2.75) is 19.3 Å². The van der Waals surface area contributed by atoms with Crippen LogP contribution in [0, 0.1) is 5.82 Å². The number of hydrogen-bond donors (Lipinski definition) is 0. The highest BCUT2D eigenvalue weighted by molar-refractivity contribution is 5.67. The Morgan fingerprint density at radius 2 is 1.75 bits per heavy atom. The summed E-state index contributed by atoms with van der Waals surface area (Å²) < 4.78 is 29.6. The van der Waals surface area contributed by atoms with Crippen LogP contribution < -0.4 is 14.2 Å². The minimum atomic E-state index is -0.219. The van der Waals surface area contributed by atoms with Crippen molar-refractivity contribution in [1.29, 1.82) is 0 Å². The van der Waals surface area contributed by atoms with Crippen molar-refractivity contribution >= 4 is 6.08 Å². The van der Waals surface area contributed by atoms with Gasteiger partial charge in [0.05, 0.1) is 21.3 Å². The molecule has 0 spiro atoms. The summed E-state index contributed by atoms with van der Waals surface area (Å²) in [5.41, 5.74) is 1.83. The van der Waals surface area contributed by atoms with Gasteiger partial charge in [-0.1, -0.05) is 31.2 Å². The molecule has 4 heteroatoms. The second-order valence-corrected chi connectivity index (χ2v) is 5.35. The van der Waals surface area contributed by atoms with Crippen LogP contribution in [0.5, 0.6) is 17.2 Å². The van der Waals surface area contributed by atoms with E-state index in [1.807, 2.05) is 24.3 Å². The molecule has 0 saturated carbocycles. The highest BCUT2D eigenvalue weighted by Crippen LogP contribution is 2.40. The minimum Gasteiger partial charge on any atom is -0.493 e. The Labute approximate surface area is 142 Å². The number of benzene rings is 2. The molecule has 1 unspecified atom stereocenters. The summed E-state index contributed by atoms with van der Waals surface area (Å²) >= 11 is 0. The number of methoxy groups -OCH3 is 3. The zero-order chi connectivity index (χ0) is 17.5. The molecular formula is C20H23FO3. The maximum atomic E-state index is 13.5. The van der Waals surface area contributed by atoms with Crippen LogP contribution >= 0.6 is 0 Å². The summed E-state index contributed by atoms with van der Waals surface area (Å²) in [7, 11) is 4.76. The fraction of sp³-hybridized carbons (Fsp3) is 0.300. The smallest absolute Gasteiger partial charge is 0.203 e. The quantitative estimate of drug-likeness (QED) is 0.710. The average molecular weight is 330 g/mol. The molecule has 0 aromatic heterocycles. The molecule has 3 nitrogen and oxygen atoms in total. The topological polar surface area (TPSA) is 27.7 Å². The first-order chi connectivity index (χ1) is 11.6. The second-order valence-electron chi connectivity index (χ2n) is 5.35. The fourth-order valence-corrected chi connectivity index (χ4v) is 2.70. The first-order valence-corrected chi connectivity index (χ1v) is 7.87. The van der Waals surface area contributed by atoms with Crippen LogP contribution in [0.25, 0.3) is 6.08 Å². The first kappa shape index (κ1) is 17.9. The Morgan fingerprint density at radius 1 is 1.00 bits per heavy atom. The molecule has 2 aromatic carbocycles. The van der Waals surface area contributed by atoms with Gasteiger partial charge in [0.2, 0.25) is 5.75 Å². The van der Waals surface area contributed by atoms with Gasteiger partial charge in [-0.3, -0.25) is 0 Å². The lowest BCUT2D eigenvalue weighted by Crippen LogP contribution is -1.97. The molecule has 0 bridgehead atoms. The van der Waals surface area contributed by atoms with Gasteiger partial charge >= 0.3 is 0 Å². The summed E-state index contributed by atoms with van der Waals surface area (Å²) in [6.45, 7) is 2.08. The van der Waals surface area contributed by atoms with Crippen LogP contribution in [-0.4, -0.2) is 21.3 Å². The molecule has 0 heterocycles. The maximum Gasteiger partial charge on any atom is 0.203 e. The number of ether oxygens (including phenoxy) is 3. The van der Waals surface area contributed by atoms with Crippen LogP contribution in [0.2, 0.25) is 0 Å². The molecule has 0 N–H and O–H groups in total. The molecule has 0 aliphatic carbocycles. The zero-order valence-electron chi connectivity index (χ0n) is 14.5. The summed E-state index contributed by atoms with van der Waals surface area (Å²) in [5, 5.41) is 0. The molecule has 0 aliphatic heterocycles. The Morgan fingerprint density at radius 3 is 2.33 bits per heavy atom. The predicted octanol–water partition coefficient (Wildman–Crippen LogP) is 5.06. The molecular weight excluding hydrogens is 307 g/mol. The van der Waals surface area contributed by atoms with E-state index >= 15 is 0 Å². The van der Waals surface area contributed by atoms with Crippen molar-refractivity contribution in [3.05, 3.63) is 59.4 Å². The molecule has 0 radical (unpaired) electrons. The Kier molecular flexibility index (Phi) is 6.24. The van der Waals surface area contributed by atoms with E-state index in [0.29, 0.717) is 17.2 Å². The molecule has 2 rings (SSSR count). The fourth-order valence-electron chi connectivity index (χ4n) is 2.70. The van der Waals surface area contributed by atoms with Gasteiger partial charge in [-0.15, -0.1) is 0 Å². The Hall–Kier alpha value is -2.49. The second kappa shape index (κ2) is 8.39. The van der Waals surface area contributed by atoms with E-state index in [1.165, 1.54) is 6.07 Å². The van der Waals surface area contributed by atoms with Gasteiger partial charge in [0.25, 0.3) is 0 Å². The monoisotopic (exact) mass is 330 g/mol. The Bertz CT molecular complexity index is 710. The van der Waals surface area contributed by atoms with Crippen molar-refractivity contribution in [3.8, 4) is 17.2 Å². The lowest BCUT2D eigenvalue weighted by atomic mass is 9.95. The van der Waals surface area contributed by atoms with Crippen LogP contribution in [0.4, 0.5) is 4.39 Å². The van der Waals surface area contributed by atoms with Crippen molar-refractivity contribution in [2.24, 2.45) is 0 Å². The van der Waals surface area contributed by atoms with Crippen molar-refractivity contribution in [3.63, 3.8) is 0 Å². The van der Waals surface area contributed by atoms with Gasteiger partial charge in [-0.2, -0.15) is 0 Å². The molecule has 1 atom stereocenters. The normalized spacial score (nSPS) is 12.2. The largest absolute Gasteiger partial charge is 0.493 e. The predicted molar refractivity (Wildman–Crippen MR) is 94.6 cm³/mol. The van der Waals surface area contributed by atoms with Gasteiger partial charge in [-0.05, 0) is 36.2 Å². The van der Waals surface area contributed by atoms with Gasteiger partial charge < -0.3 is 14.2 Å². The molecule has 128 valence electrons. The highest BCUT2D eigenvalue weighted by Gasteiger charge is 2.14. The third-order valence-electron chi connectivity index (χ3n) is 3.96. The third-order valence-corrected chi connectivity index (χ3v) is 3.96. The summed E-state index contributed by atoms with van der Waals surface area (Å²) in [4.78, 5) is 0. The van der Waals surface area contributed by atoms with E-state index in [0.717, 1.165) is 17.5 Å². The molecule has 24 heavy (non-hydrogen) atoms. The van der Waals surface area contributed by atoms with Crippen LogP contribution in [0.1, 0.15) is 30.4 Å². The standard InChI is InChI=1S/C20H23FO3/c1-5-14(16-7-6-8-17(21)13-16)9-10-15-11-12-18(22-2)20(24-4)19(15)23-3/h6-14H,5H2,1-4H3/b10-9+. The van der Waals surface area contributed by atoms with Crippen molar-refractivity contribution < 1.29 is 18.6 Å². The van der Waals surface area contributed by atoms with Crippen LogP contribution in [0.15, 0.2) is 42.5 Å². The highest BCUT2D eigenvalue weighted by atomic mass is 19.1. The summed E-state index contributed by atoms with van der Waals surface area (Å²) in [6.07, 6.45) is 4.90. The molecule has 0 aliphatic rings. The average Bonchev–Trinajstić information content (AvgIpc) is 2.61. The number of allylic oxidation sites excluding steroid dienone is 1. The van der Waals surface area contributed by atoms with E-state index in [2.05, 4.69) is 13.0 Å². The summed E-state index contributed by atoms with van der Waals surface area (Å²) in [5.74, 6) is 1.69. The molecule has 2 aromatic rings. The van der Waals surface area contributed by atoms with Gasteiger partial charge in [0, 0.05) is 11.5 Å². The number of halogens is 1. The SMILES string of the molecule is CCC(/C=C/c1ccc(OC)c(OC)c1OC)c1cccc(F)c1.